The van der Waals surface area contributed by atoms with Crippen LogP contribution in [0, 0.1) is 11.8 Å². The van der Waals surface area contributed by atoms with Crippen LogP contribution in [-0.4, -0.2) is 71.3 Å². The third-order valence-electron chi connectivity index (χ3n) is 6.60. The van der Waals surface area contributed by atoms with E-state index in [1.807, 2.05) is 4.72 Å². The van der Waals surface area contributed by atoms with Gasteiger partial charge in [0.05, 0.1) is 25.0 Å². The highest BCUT2D eigenvalue weighted by Crippen LogP contribution is 2.53. The average molecular weight is 494 g/mol. The molecule has 182 valence electrons. The molecule has 0 unspecified atom stereocenters. The van der Waals surface area contributed by atoms with E-state index in [2.05, 4.69) is 0 Å². The number of sulfonamides is 1. The Hall–Kier alpha value is -3.42. The first kappa shape index (κ1) is 23.7. The third kappa shape index (κ3) is 3.19. The number of carbonyl (C=O) groups is 3. The van der Waals surface area contributed by atoms with Gasteiger partial charge in [-0.1, -0.05) is 0 Å². The zero-order chi connectivity index (χ0) is 25.3. The van der Waals surface area contributed by atoms with Gasteiger partial charge >= 0.3 is 0 Å². The van der Waals surface area contributed by atoms with E-state index in [-0.39, 0.29) is 29.7 Å². The summed E-state index contributed by atoms with van der Waals surface area (Å²) in [5.74, 6) is -8.34. The number of benzene rings is 1. The van der Waals surface area contributed by atoms with Crippen molar-refractivity contribution < 1.29 is 48.0 Å². The largest absolute Gasteiger partial charge is 0.508 e. The second-order valence-corrected chi connectivity index (χ2v) is 10.3. The number of rotatable bonds is 4. The zero-order valence-corrected chi connectivity index (χ0v) is 18.8. The van der Waals surface area contributed by atoms with Gasteiger partial charge in [0.25, 0.3) is 5.91 Å². The maximum absolute atomic E-state index is 13.6. The fourth-order valence-electron chi connectivity index (χ4n) is 5.21. The van der Waals surface area contributed by atoms with Crippen LogP contribution in [0.4, 0.5) is 0 Å². The van der Waals surface area contributed by atoms with E-state index in [9.17, 15) is 43.2 Å². The molecule has 0 heterocycles. The Morgan fingerprint density at radius 1 is 1.24 bits per heavy atom. The first-order valence-corrected chi connectivity index (χ1v) is 12.0. The molecular formula is C21H22N2O10S. The molecular weight excluding hydrogens is 472 g/mol. The molecule has 12 nitrogen and oxygen atoms in total. The molecule has 1 saturated carbocycles. The number of methoxy groups -OCH3 is 1. The molecule has 0 bridgehead atoms. The number of aromatic hydroxyl groups is 1. The van der Waals surface area contributed by atoms with Crippen molar-refractivity contribution in [2.75, 3.05) is 13.4 Å². The number of ether oxygens (including phenoxy) is 1. The lowest BCUT2D eigenvalue weighted by molar-refractivity contribution is -0.149. The zero-order valence-electron chi connectivity index (χ0n) is 18.0. The van der Waals surface area contributed by atoms with Gasteiger partial charge in [-0.2, -0.15) is 0 Å². The number of fused-ring (bicyclic) bond motifs is 3. The van der Waals surface area contributed by atoms with Crippen LogP contribution in [0.15, 0.2) is 29.0 Å². The van der Waals surface area contributed by atoms with Crippen LogP contribution in [0.2, 0.25) is 0 Å². The lowest BCUT2D eigenvalue weighted by atomic mass is 9.58. The highest BCUT2D eigenvalue weighted by molar-refractivity contribution is 7.88. The lowest BCUT2D eigenvalue weighted by Gasteiger charge is -2.48. The van der Waals surface area contributed by atoms with Crippen LogP contribution in [0.3, 0.4) is 0 Å². The summed E-state index contributed by atoms with van der Waals surface area (Å²) < 4.78 is 31.2. The van der Waals surface area contributed by atoms with Gasteiger partial charge in [0.15, 0.2) is 11.4 Å². The van der Waals surface area contributed by atoms with Gasteiger partial charge in [-0.25, -0.2) is 13.1 Å². The maximum Gasteiger partial charge on any atom is 0.255 e. The van der Waals surface area contributed by atoms with Gasteiger partial charge < -0.3 is 30.9 Å². The Labute approximate surface area is 193 Å². The summed E-state index contributed by atoms with van der Waals surface area (Å²) in [6.45, 7) is 0. The SMILES string of the molecule is COc1ccc(O)c2c1C[C@H]1C[C@H]3[C@H](NS(C)(=O)=O)C(=O)C(C(N)=O)=C(O)[C@@]3(O)C(=O)C1=C2O. The summed E-state index contributed by atoms with van der Waals surface area (Å²) in [7, 11) is -2.72. The van der Waals surface area contributed by atoms with Crippen LogP contribution in [0.25, 0.3) is 5.76 Å². The van der Waals surface area contributed by atoms with E-state index in [0.29, 0.717) is 11.3 Å². The van der Waals surface area contributed by atoms with E-state index in [4.69, 9.17) is 10.5 Å². The van der Waals surface area contributed by atoms with E-state index in [0.717, 1.165) is 6.26 Å². The van der Waals surface area contributed by atoms with Crippen molar-refractivity contribution in [3.8, 4) is 11.5 Å². The van der Waals surface area contributed by atoms with Crippen molar-refractivity contribution in [2.45, 2.75) is 24.5 Å². The quantitative estimate of drug-likeness (QED) is 0.280. The minimum absolute atomic E-state index is 0.0254. The minimum Gasteiger partial charge on any atom is -0.508 e. The standard InChI is InChI=1S/C21H22N2O10S/c1-33-11-4-3-10(24)13-8(11)5-7-6-9-15(23-34(2,31)32)17(26)14(20(22)29)19(28)21(9,30)18(27)12(7)16(13)25/h3-4,7,9,15,23-25,28,30H,5-6H2,1-2H3,(H2,22,29)/t7-,9-,15-,21-/m0/s1. The number of phenols is 1. The number of carbonyl (C=O) groups excluding carboxylic acids is 3. The number of nitrogens with two attached hydrogens (primary N) is 1. The second-order valence-electron chi connectivity index (χ2n) is 8.56. The van der Waals surface area contributed by atoms with Crippen LogP contribution in [0.5, 0.6) is 11.5 Å². The van der Waals surface area contributed by atoms with Crippen molar-refractivity contribution in [3.05, 3.63) is 40.2 Å². The maximum atomic E-state index is 13.6. The highest BCUT2D eigenvalue weighted by atomic mass is 32.2. The smallest absolute Gasteiger partial charge is 0.255 e. The predicted octanol–water partition coefficient (Wildman–Crippen LogP) is -1.04. The van der Waals surface area contributed by atoms with E-state index < -0.39 is 68.1 Å². The van der Waals surface area contributed by atoms with Crippen molar-refractivity contribution in [1.29, 1.82) is 0 Å². The summed E-state index contributed by atoms with van der Waals surface area (Å²) in [6.07, 6.45) is 0.514. The Bertz CT molecular complexity index is 1330. The normalized spacial score (nSPS) is 28.9. The fraction of sp³-hybridized carbons (Fsp3) is 0.381. The number of ketones is 2. The molecule has 13 heteroatoms. The Kier molecular flexibility index (Phi) is 5.27. The number of nitrogens with one attached hydrogen (secondary N) is 1. The van der Waals surface area contributed by atoms with Gasteiger partial charge in [-0.15, -0.1) is 0 Å². The summed E-state index contributed by atoms with van der Waals surface area (Å²) in [4.78, 5) is 38.4. The molecule has 4 atom stereocenters. The van der Waals surface area contributed by atoms with E-state index >= 15 is 0 Å². The molecule has 1 aromatic carbocycles. The van der Waals surface area contributed by atoms with Crippen LogP contribution in [0.1, 0.15) is 17.5 Å². The summed E-state index contributed by atoms with van der Waals surface area (Å²) >= 11 is 0. The molecule has 3 aliphatic rings. The molecule has 34 heavy (non-hydrogen) atoms. The highest BCUT2D eigenvalue weighted by Gasteiger charge is 2.64. The van der Waals surface area contributed by atoms with Gasteiger partial charge in [-0.3, -0.25) is 14.4 Å². The first-order chi connectivity index (χ1) is 15.7. The minimum atomic E-state index is -4.09. The number of primary amides is 1. The van der Waals surface area contributed by atoms with Gasteiger partial charge in [0, 0.05) is 17.1 Å². The number of Topliss-reactive ketones (excluding diaryl/α,β-unsaturated/α-hetero) is 2. The fourth-order valence-corrected chi connectivity index (χ4v) is 5.94. The molecule has 1 aromatic rings. The Morgan fingerprint density at radius 3 is 2.44 bits per heavy atom. The van der Waals surface area contributed by atoms with Gasteiger partial charge in [0.2, 0.25) is 15.8 Å². The van der Waals surface area contributed by atoms with Crippen molar-refractivity contribution in [3.63, 3.8) is 0 Å². The number of amides is 1. The van der Waals surface area contributed by atoms with E-state index in [1.165, 1.54) is 19.2 Å². The molecule has 3 aliphatic carbocycles. The molecule has 0 aromatic heterocycles. The van der Waals surface area contributed by atoms with Gasteiger partial charge in [-0.05, 0) is 30.9 Å². The topological polar surface area (TPSA) is 214 Å². The molecule has 1 amide bonds. The molecule has 0 saturated heterocycles. The number of hydrogen-bond acceptors (Lipinski definition) is 10. The Balaban J connectivity index is 1.98. The number of aliphatic hydroxyl groups is 3. The van der Waals surface area contributed by atoms with Crippen molar-refractivity contribution in [2.24, 2.45) is 17.6 Å². The molecule has 0 aliphatic heterocycles. The van der Waals surface area contributed by atoms with Gasteiger partial charge in [0.1, 0.15) is 28.6 Å². The summed E-state index contributed by atoms with van der Waals surface area (Å²) in [6, 6.07) is 0.908. The molecule has 1 fully saturated rings. The molecule has 0 radical (unpaired) electrons. The number of hydrogen-bond donors (Lipinski definition) is 6. The number of aliphatic hydroxyl groups excluding tert-OH is 2. The molecule has 7 N–H and O–H groups in total. The number of phenolic OH excluding ortho intramolecular Hbond substituents is 1. The van der Waals surface area contributed by atoms with E-state index in [1.54, 1.807) is 0 Å². The molecule has 0 spiro atoms. The predicted molar refractivity (Wildman–Crippen MR) is 115 cm³/mol. The second kappa shape index (κ2) is 7.55. The van der Waals surface area contributed by atoms with Crippen LogP contribution < -0.4 is 15.2 Å². The lowest BCUT2D eigenvalue weighted by Crippen LogP contribution is -2.66. The average Bonchev–Trinajstić information content (AvgIpc) is 2.72. The summed E-state index contributed by atoms with van der Waals surface area (Å²) in [5.41, 5.74) is 1.04. The summed E-state index contributed by atoms with van der Waals surface area (Å²) in [5, 5.41) is 43.4. The van der Waals surface area contributed by atoms with Crippen LogP contribution in [-0.2, 0) is 30.8 Å². The Morgan fingerprint density at radius 2 is 1.88 bits per heavy atom. The van der Waals surface area contributed by atoms with Crippen molar-refractivity contribution in [1.82, 2.24) is 4.72 Å². The molecule has 4 rings (SSSR count). The monoisotopic (exact) mass is 494 g/mol. The van der Waals surface area contributed by atoms with Crippen LogP contribution >= 0.6 is 0 Å². The third-order valence-corrected chi connectivity index (χ3v) is 7.28. The first-order valence-electron chi connectivity index (χ1n) is 10.1. The van der Waals surface area contributed by atoms with Crippen molar-refractivity contribution >= 4 is 33.3 Å².